The lowest BCUT2D eigenvalue weighted by Gasteiger charge is -2.34. The van der Waals surface area contributed by atoms with Crippen LogP contribution in [-0.4, -0.2) is 34.4 Å². The van der Waals surface area contributed by atoms with Crippen molar-refractivity contribution in [3.63, 3.8) is 0 Å². The lowest BCUT2D eigenvalue weighted by Crippen LogP contribution is -2.45. The molecule has 0 unspecified atom stereocenters. The van der Waals surface area contributed by atoms with E-state index in [1.807, 2.05) is 37.4 Å². The minimum absolute atomic E-state index is 0.631. The van der Waals surface area contributed by atoms with Crippen molar-refractivity contribution in [2.24, 2.45) is 0 Å². The molecular formula is C16H19N3O2. The minimum atomic E-state index is -0.755. The molecule has 1 fully saturated rings. The van der Waals surface area contributed by atoms with Crippen LogP contribution in [0, 0.1) is 6.92 Å². The van der Waals surface area contributed by atoms with Crippen molar-refractivity contribution in [3.8, 4) is 11.1 Å². The molecule has 21 heavy (non-hydrogen) atoms. The largest absolute Gasteiger partial charge is 0.481 e. The Balaban J connectivity index is 1.96. The van der Waals surface area contributed by atoms with Crippen LogP contribution in [0.25, 0.3) is 11.1 Å². The normalized spacial score (nSPS) is 17.6. The SMILES string of the molecule is Cc1n[nH]cc1-c1ccc(C2(C(=O)O)CCNCC2)cc1. The number of carboxylic acid groups (broad SMARTS) is 1. The van der Waals surface area contributed by atoms with Gasteiger partial charge in [0.2, 0.25) is 0 Å². The summed E-state index contributed by atoms with van der Waals surface area (Å²) >= 11 is 0. The molecule has 1 saturated heterocycles. The van der Waals surface area contributed by atoms with Crippen molar-refractivity contribution >= 4 is 5.97 Å². The first-order valence-electron chi connectivity index (χ1n) is 7.19. The van der Waals surface area contributed by atoms with E-state index >= 15 is 0 Å². The molecule has 1 aromatic heterocycles. The number of carbonyl (C=O) groups is 1. The van der Waals surface area contributed by atoms with Crippen molar-refractivity contribution in [2.45, 2.75) is 25.2 Å². The van der Waals surface area contributed by atoms with Crippen LogP contribution < -0.4 is 5.32 Å². The third kappa shape index (κ3) is 2.34. The zero-order valence-corrected chi connectivity index (χ0v) is 12.0. The average molecular weight is 285 g/mol. The molecule has 1 aliphatic heterocycles. The summed E-state index contributed by atoms with van der Waals surface area (Å²) < 4.78 is 0. The van der Waals surface area contributed by atoms with Crippen LogP contribution >= 0.6 is 0 Å². The molecule has 0 amide bonds. The Morgan fingerprint density at radius 1 is 1.24 bits per heavy atom. The fraction of sp³-hybridized carbons (Fsp3) is 0.375. The van der Waals surface area contributed by atoms with Gasteiger partial charge in [-0.15, -0.1) is 0 Å². The number of aromatic amines is 1. The molecule has 2 aromatic rings. The Labute approximate surface area is 123 Å². The zero-order valence-electron chi connectivity index (χ0n) is 12.0. The van der Waals surface area contributed by atoms with Crippen LogP contribution in [0.3, 0.4) is 0 Å². The molecule has 0 aliphatic carbocycles. The fourth-order valence-electron chi connectivity index (χ4n) is 3.10. The smallest absolute Gasteiger partial charge is 0.314 e. The molecule has 110 valence electrons. The van der Waals surface area contributed by atoms with Gasteiger partial charge in [0.1, 0.15) is 0 Å². The first-order chi connectivity index (χ1) is 10.1. The van der Waals surface area contributed by atoms with Crippen molar-refractivity contribution in [1.82, 2.24) is 15.5 Å². The Bertz CT molecular complexity index is 640. The number of hydrogen-bond acceptors (Lipinski definition) is 3. The van der Waals surface area contributed by atoms with Crippen LogP contribution in [0.15, 0.2) is 30.5 Å². The first kappa shape index (κ1) is 13.8. The lowest BCUT2D eigenvalue weighted by molar-refractivity contribution is -0.145. The number of nitrogens with zero attached hydrogens (tertiary/aromatic N) is 1. The summed E-state index contributed by atoms with van der Waals surface area (Å²) in [6.07, 6.45) is 3.13. The van der Waals surface area contributed by atoms with Crippen molar-refractivity contribution in [1.29, 1.82) is 0 Å². The number of hydrogen-bond donors (Lipinski definition) is 3. The van der Waals surface area contributed by atoms with Gasteiger partial charge >= 0.3 is 5.97 Å². The molecule has 5 heteroatoms. The van der Waals surface area contributed by atoms with Crippen LogP contribution in [-0.2, 0) is 10.2 Å². The molecule has 3 rings (SSSR count). The lowest BCUT2D eigenvalue weighted by atomic mass is 9.73. The number of benzene rings is 1. The van der Waals surface area contributed by atoms with E-state index in [0.29, 0.717) is 12.8 Å². The number of aliphatic carboxylic acids is 1. The summed E-state index contributed by atoms with van der Waals surface area (Å²) in [4.78, 5) is 11.8. The van der Waals surface area contributed by atoms with Gasteiger partial charge < -0.3 is 10.4 Å². The second-order valence-corrected chi connectivity index (χ2v) is 5.60. The van der Waals surface area contributed by atoms with Gasteiger partial charge in [0.25, 0.3) is 0 Å². The quantitative estimate of drug-likeness (QED) is 0.807. The van der Waals surface area contributed by atoms with E-state index in [1.165, 1.54) is 0 Å². The summed E-state index contributed by atoms with van der Waals surface area (Å²) in [5, 5.41) is 19.9. The molecule has 1 aromatic carbocycles. The van der Waals surface area contributed by atoms with E-state index in [1.54, 1.807) is 0 Å². The van der Waals surface area contributed by atoms with Gasteiger partial charge in [0.15, 0.2) is 0 Å². The van der Waals surface area contributed by atoms with Crippen molar-refractivity contribution < 1.29 is 9.90 Å². The van der Waals surface area contributed by atoms with Crippen LogP contribution in [0.2, 0.25) is 0 Å². The first-order valence-corrected chi connectivity index (χ1v) is 7.19. The summed E-state index contributed by atoms with van der Waals surface area (Å²) in [5.41, 5.74) is 3.18. The van der Waals surface area contributed by atoms with E-state index in [0.717, 1.165) is 35.5 Å². The van der Waals surface area contributed by atoms with Gasteiger partial charge in [-0.1, -0.05) is 24.3 Å². The highest BCUT2D eigenvalue weighted by atomic mass is 16.4. The highest BCUT2D eigenvalue weighted by Crippen LogP contribution is 2.35. The summed E-state index contributed by atoms with van der Waals surface area (Å²) in [6, 6.07) is 7.86. The third-order valence-corrected chi connectivity index (χ3v) is 4.45. The number of carboxylic acids is 1. The zero-order chi connectivity index (χ0) is 14.9. The van der Waals surface area contributed by atoms with Crippen LogP contribution in [0.1, 0.15) is 24.1 Å². The van der Waals surface area contributed by atoms with E-state index in [-0.39, 0.29) is 0 Å². The number of aryl methyl sites for hydroxylation is 1. The third-order valence-electron chi connectivity index (χ3n) is 4.45. The Hall–Kier alpha value is -2.14. The number of piperidine rings is 1. The molecule has 0 radical (unpaired) electrons. The second kappa shape index (κ2) is 5.33. The Morgan fingerprint density at radius 2 is 1.90 bits per heavy atom. The van der Waals surface area contributed by atoms with Crippen molar-refractivity contribution in [2.75, 3.05) is 13.1 Å². The molecule has 5 nitrogen and oxygen atoms in total. The molecule has 0 saturated carbocycles. The van der Waals surface area contributed by atoms with Gasteiger partial charge in [-0.2, -0.15) is 5.10 Å². The Morgan fingerprint density at radius 3 is 2.43 bits per heavy atom. The van der Waals surface area contributed by atoms with Gasteiger partial charge in [-0.3, -0.25) is 9.89 Å². The predicted octanol–water partition coefficient (Wildman–Crippen LogP) is 2.09. The van der Waals surface area contributed by atoms with Gasteiger partial charge in [-0.05, 0) is 44.0 Å². The topological polar surface area (TPSA) is 78.0 Å². The minimum Gasteiger partial charge on any atom is -0.481 e. The van der Waals surface area contributed by atoms with E-state index in [9.17, 15) is 9.90 Å². The van der Waals surface area contributed by atoms with E-state index < -0.39 is 11.4 Å². The molecule has 2 heterocycles. The van der Waals surface area contributed by atoms with Crippen LogP contribution in [0.5, 0.6) is 0 Å². The molecule has 3 N–H and O–H groups in total. The molecule has 0 bridgehead atoms. The monoisotopic (exact) mass is 285 g/mol. The van der Waals surface area contributed by atoms with Crippen LogP contribution in [0.4, 0.5) is 0 Å². The van der Waals surface area contributed by atoms with Gasteiger partial charge in [0.05, 0.1) is 11.1 Å². The molecular weight excluding hydrogens is 266 g/mol. The maximum absolute atomic E-state index is 11.8. The maximum Gasteiger partial charge on any atom is 0.314 e. The molecule has 0 spiro atoms. The number of nitrogens with one attached hydrogen (secondary N) is 2. The summed E-state index contributed by atoms with van der Waals surface area (Å²) in [5.74, 6) is -0.726. The van der Waals surface area contributed by atoms with Crippen molar-refractivity contribution in [3.05, 3.63) is 41.7 Å². The molecule has 1 aliphatic rings. The average Bonchev–Trinajstić information content (AvgIpc) is 2.94. The fourth-order valence-corrected chi connectivity index (χ4v) is 3.10. The number of aromatic nitrogens is 2. The van der Waals surface area contributed by atoms with Gasteiger partial charge in [-0.25, -0.2) is 0 Å². The second-order valence-electron chi connectivity index (χ2n) is 5.60. The molecule has 0 atom stereocenters. The predicted molar refractivity (Wildman–Crippen MR) is 80.2 cm³/mol. The van der Waals surface area contributed by atoms with E-state index in [2.05, 4.69) is 15.5 Å². The summed E-state index contributed by atoms with van der Waals surface area (Å²) in [6.45, 7) is 3.44. The highest BCUT2D eigenvalue weighted by Gasteiger charge is 2.41. The Kier molecular flexibility index (Phi) is 3.51. The highest BCUT2D eigenvalue weighted by molar-refractivity contribution is 5.82. The standard InChI is InChI=1S/C16H19N3O2/c1-11-14(10-18-19-11)12-2-4-13(5-3-12)16(15(20)21)6-8-17-9-7-16/h2-5,10,17H,6-9H2,1H3,(H,18,19)(H,20,21). The number of H-pyrrole nitrogens is 1. The number of rotatable bonds is 3. The van der Waals surface area contributed by atoms with E-state index in [4.69, 9.17) is 0 Å². The maximum atomic E-state index is 11.8. The van der Waals surface area contributed by atoms with Gasteiger partial charge in [0, 0.05) is 11.8 Å². The summed E-state index contributed by atoms with van der Waals surface area (Å²) in [7, 11) is 0.